The standard InChI is InChI=1S/C6H12N2O/c1-6(5(7)9)2-3-8-4-6/h8H,2-4H2,1H3,(H2,7,9)/t6-/m1/s1. The van der Waals surface area contributed by atoms with Gasteiger partial charge in [0.1, 0.15) is 0 Å². The Hall–Kier alpha value is -0.570. The molecule has 0 aliphatic carbocycles. The lowest BCUT2D eigenvalue weighted by atomic mass is 9.89. The number of amides is 1. The van der Waals surface area contributed by atoms with E-state index in [0.717, 1.165) is 19.5 Å². The Bertz CT molecular complexity index is 127. The lowest BCUT2D eigenvalue weighted by Crippen LogP contribution is -2.35. The van der Waals surface area contributed by atoms with E-state index < -0.39 is 0 Å². The summed E-state index contributed by atoms with van der Waals surface area (Å²) in [6.45, 7) is 3.55. The average molecular weight is 128 g/mol. The molecule has 9 heavy (non-hydrogen) atoms. The van der Waals surface area contributed by atoms with Crippen molar-refractivity contribution >= 4 is 5.91 Å². The minimum Gasteiger partial charge on any atom is -0.369 e. The average Bonchev–Trinajstić information content (AvgIpc) is 2.16. The molecule has 1 atom stereocenters. The zero-order chi connectivity index (χ0) is 6.91. The lowest BCUT2D eigenvalue weighted by molar-refractivity contribution is -0.125. The Kier molecular flexibility index (Phi) is 1.45. The molecule has 3 N–H and O–H groups in total. The molecule has 1 rings (SSSR count). The van der Waals surface area contributed by atoms with Crippen molar-refractivity contribution < 1.29 is 4.79 Å². The molecule has 0 bridgehead atoms. The Morgan fingerprint density at radius 1 is 1.78 bits per heavy atom. The van der Waals surface area contributed by atoms with Gasteiger partial charge in [0.2, 0.25) is 5.91 Å². The van der Waals surface area contributed by atoms with Gasteiger partial charge in [0.25, 0.3) is 0 Å². The normalized spacial score (nSPS) is 34.8. The van der Waals surface area contributed by atoms with Gasteiger partial charge in [0.05, 0.1) is 5.41 Å². The molecule has 1 fully saturated rings. The van der Waals surface area contributed by atoms with E-state index in [0.29, 0.717) is 0 Å². The van der Waals surface area contributed by atoms with Crippen LogP contribution in [0.5, 0.6) is 0 Å². The molecule has 0 unspecified atom stereocenters. The van der Waals surface area contributed by atoms with E-state index in [-0.39, 0.29) is 11.3 Å². The van der Waals surface area contributed by atoms with Crippen molar-refractivity contribution in [1.29, 1.82) is 0 Å². The van der Waals surface area contributed by atoms with E-state index in [1.165, 1.54) is 0 Å². The maximum Gasteiger partial charge on any atom is 0.224 e. The molecule has 0 radical (unpaired) electrons. The molecule has 1 amide bonds. The first-order chi connectivity index (χ1) is 4.15. The molecular weight excluding hydrogens is 116 g/mol. The predicted octanol–water partition coefficient (Wildman–Crippen LogP) is -0.529. The molecule has 1 saturated heterocycles. The number of hydrogen-bond donors (Lipinski definition) is 2. The largest absolute Gasteiger partial charge is 0.369 e. The van der Waals surface area contributed by atoms with E-state index >= 15 is 0 Å². The van der Waals surface area contributed by atoms with Crippen LogP contribution < -0.4 is 11.1 Å². The van der Waals surface area contributed by atoms with Gasteiger partial charge in [-0.1, -0.05) is 0 Å². The first kappa shape index (κ1) is 6.55. The van der Waals surface area contributed by atoms with Crippen molar-refractivity contribution in [2.24, 2.45) is 11.1 Å². The Morgan fingerprint density at radius 2 is 2.44 bits per heavy atom. The van der Waals surface area contributed by atoms with Crippen LogP contribution in [0.4, 0.5) is 0 Å². The first-order valence-corrected chi connectivity index (χ1v) is 3.16. The van der Waals surface area contributed by atoms with Crippen LogP contribution in [0, 0.1) is 5.41 Å². The van der Waals surface area contributed by atoms with Crippen LogP contribution in [-0.4, -0.2) is 19.0 Å². The van der Waals surface area contributed by atoms with Gasteiger partial charge >= 0.3 is 0 Å². The van der Waals surface area contributed by atoms with E-state index in [1.807, 2.05) is 6.92 Å². The van der Waals surface area contributed by atoms with Gasteiger partial charge < -0.3 is 11.1 Å². The number of primary amides is 1. The van der Waals surface area contributed by atoms with Gasteiger partial charge in [0.15, 0.2) is 0 Å². The second kappa shape index (κ2) is 1.99. The molecule has 1 aliphatic heterocycles. The van der Waals surface area contributed by atoms with Gasteiger partial charge in [-0.05, 0) is 19.9 Å². The van der Waals surface area contributed by atoms with E-state index in [4.69, 9.17) is 5.73 Å². The second-order valence-electron chi connectivity index (χ2n) is 2.85. The maximum absolute atomic E-state index is 10.7. The fourth-order valence-corrected chi connectivity index (χ4v) is 1.03. The Morgan fingerprint density at radius 3 is 2.67 bits per heavy atom. The third kappa shape index (κ3) is 1.05. The number of hydrogen-bond acceptors (Lipinski definition) is 2. The summed E-state index contributed by atoms with van der Waals surface area (Å²) in [6, 6.07) is 0. The molecule has 3 heteroatoms. The van der Waals surface area contributed by atoms with Gasteiger partial charge in [-0.3, -0.25) is 4.79 Å². The smallest absolute Gasteiger partial charge is 0.224 e. The predicted molar refractivity (Wildman–Crippen MR) is 34.8 cm³/mol. The van der Waals surface area contributed by atoms with E-state index in [9.17, 15) is 4.79 Å². The topological polar surface area (TPSA) is 55.1 Å². The summed E-state index contributed by atoms with van der Waals surface area (Å²) in [5, 5.41) is 3.09. The number of carbonyl (C=O) groups excluding carboxylic acids is 1. The second-order valence-corrected chi connectivity index (χ2v) is 2.85. The van der Waals surface area contributed by atoms with Gasteiger partial charge in [-0.15, -0.1) is 0 Å². The van der Waals surface area contributed by atoms with Crippen molar-refractivity contribution in [3.8, 4) is 0 Å². The maximum atomic E-state index is 10.7. The minimum atomic E-state index is -0.278. The summed E-state index contributed by atoms with van der Waals surface area (Å²) >= 11 is 0. The Balaban J connectivity index is 2.61. The summed E-state index contributed by atoms with van der Waals surface area (Å²) in [5.74, 6) is -0.187. The van der Waals surface area contributed by atoms with Crippen LogP contribution in [0.15, 0.2) is 0 Å². The van der Waals surface area contributed by atoms with E-state index in [1.54, 1.807) is 0 Å². The molecule has 0 spiro atoms. The van der Waals surface area contributed by atoms with Crippen molar-refractivity contribution in [1.82, 2.24) is 5.32 Å². The van der Waals surface area contributed by atoms with E-state index in [2.05, 4.69) is 5.32 Å². The molecular formula is C6H12N2O. The molecule has 0 aromatic rings. The molecule has 3 nitrogen and oxygen atoms in total. The highest BCUT2D eigenvalue weighted by molar-refractivity contribution is 5.81. The van der Waals surface area contributed by atoms with Crippen LogP contribution in [-0.2, 0) is 4.79 Å². The number of nitrogens with two attached hydrogens (primary N) is 1. The van der Waals surface area contributed by atoms with Gasteiger partial charge in [0, 0.05) is 6.54 Å². The summed E-state index contributed by atoms with van der Waals surface area (Å²) < 4.78 is 0. The highest BCUT2D eigenvalue weighted by Crippen LogP contribution is 2.22. The summed E-state index contributed by atoms with van der Waals surface area (Å²) in [4.78, 5) is 10.7. The number of rotatable bonds is 1. The van der Waals surface area contributed by atoms with Crippen LogP contribution in [0.2, 0.25) is 0 Å². The molecule has 0 aromatic heterocycles. The van der Waals surface area contributed by atoms with Crippen molar-refractivity contribution in [2.75, 3.05) is 13.1 Å². The monoisotopic (exact) mass is 128 g/mol. The van der Waals surface area contributed by atoms with Crippen LogP contribution in [0.25, 0.3) is 0 Å². The third-order valence-corrected chi connectivity index (χ3v) is 1.96. The third-order valence-electron chi connectivity index (χ3n) is 1.96. The zero-order valence-corrected chi connectivity index (χ0v) is 5.61. The molecule has 1 aliphatic rings. The molecule has 52 valence electrons. The highest BCUT2D eigenvalue weighted by Gasteiger charge is 2.33. The van der Waals surface area contributed by atoms with Crippen molar-refractivity contribution in [2.45, 2.75) is 13.3 Å². The number of nitrogens with one attached hydrogen (secondary N) is 1. The van der Waals surface area contributed by atoms with Gasteiger partial charge in [-0.25, -0.2) is 0 Å². The fraction of sp³-hybridized carbons (Fsp3) is 0.833. The van der Waals surface area contributed by atoms with Gasteiger partial charge in [-0.2, -0.15) is 0 Å². The zero-order valence-electron chi connectivity index (χ0n) is 5.61. The fourth-order valence-electron chi connectivity index (χ4n) is 1.03. The Labute approximate surface area is 54.6 Å². The van der Waals surface area contributed by atoms with Crippen molar-refractivity contribution in [3.05, 3.63) is 0 Å². The molecule has 0 saturated carbocycles. The van der Waals surface area contributed by atoms with Crippen LogP contribution >= 0.6 is 0 Å². The van der Waals surface area contributed by atoms with Crippen LogP contribution in [0.1, 0.15) is 13.3 Å². The van der Waals surface area contributed by atoms with Crippen molar-refractivity contribution in [3.63, 3.8) is 0 Å². The lowest BCUT2D eigenvalue weighted by Gasteiger charge is -2.16. The first-order valence-electron chi connectivity index (χ1n) is 3.16. The summed E-state index contributed by atoms with van der Waals surface area (Å²) in [6.07, 6.45) is 0.877. The molecule has 0 aromatic carbocycles. The SMILES string of the molecule is C[C@@]1(C(N)=O)CCNC1. The van der Waals surface area contributed by atoms with Crippen LogP contribution in [0.3, 0.4) is 0 Å². The quantitative estimate of drug-likeness (QED) is 0.499. The minimum absolute atomic E-state index is 0.187. The summed E-state index contributed by atoms with van der Waals surface area (Å²) in [7, 11) is 0. The highest BCUT2D eigenvalue weighted by atomic mass is 16.1. The number of carbonyl (C=O) groups is 1. The molecule has 1 heterocycles. The summed E-state index contributed by atoms with van der Waals surface area (Å²) in [5.41, 5.74) is 4.88.